The number of benzene rings is 1. The van der Waals surface area contributed by atoms with Gasteiger partial charge in [0.2, 0.25) is 0 Å². The third-order valence-electron chi connectivity index (χ3n) is 5.17. The van der Waals surface area contributed by atoms with E-state index in [1.807, 2.05) is 53.4 Å². The zero-order valence-corrected chi connectivity index (χ0v) is 17.7. The van der Waals surface area contributed by atoms with Gasteiger partial charge in [-0.1, -0.05) is 62.4 Å². The van der Waals surface area contributed by atoms with Crippen LogP contribution >= 0.6 is 0 Å². The Morgan fingerprint density at radius 1 is 1.12 bits per heavy atom. The number of ether oxygens (including phenoxy) is 1. The van der Waals surface area contributed by atoms with Crippen molar-refractivity contribution in [2.24, 2.45) is 5.92 Å². The van der Waals surface area contributed by atoms with E-state index in [-0.39, 0.29) is 29.9 Å². The lowest BCUT2D eigenvalue weighted by Crippen LogP contribution is -3.00. The number of carbonyl (C=O) groups excluding carboxylic acids is 1. The molecule has 0 saturated heterocycles. The predicted octanol–water partition coefficient (Wildman–Crippen LogP) is 1.79. The molecule has 2 aromatic rings. The minimum atomic E-state index is -0.211. The van der Waals surface area contributed by atoms with Gasteiger partial charge in [0.25, 0.3) is 0 Å². The topological polar surface area (TPSA) is 30.2 Å². The molecule has 1 fully saturated rings. The SMILES string of the molecule is CC[n+]1ccc(-c2ccccc2)c(C(=O)OCCC2CCCCC2)c1.[I-]. The average Bonchev–Trinajstić information content (AvgIpc) is 2.69. The largest absolute Gasteiger partial charge is 1.00 e. The molecule has 0 radical (unpaired) electrons. The summed E-state index contributed by atoms with van der Waals surface area (Å²) in [6.07, 6.45) is 11.5. The van der Waals surface area contributed by atoms with Crippen LogP contribution in [0.4, 0.5) is 0 Å². The Hall–Kier alpha value is -1.43. The summed E-state index contributed by atoms with van der Waals surface area (Å²) in [6.45, 7) is 3.43. The lowest BCUT2D eigenvalue weighted by Gasteiger charge is -2.21. The zero-order valence-electron chi connectivity index (χ0n) is 15.5. The maximum Gasteiger partial charge on any atom is 0.344 e. The molecular weight excluding hydrogens is 437 g/mol. The van der Waals surface area contributed by atoms with Gasteiger partial charge in [-0.25, -0.2) is 9.36 Å². The normalized spacial score (nSPS) is 14.5. The predicted molar refractivity (Wildman–Crippen MR) is 99.2 cm³/mol. The van der Waals surface area contributed by atoms with Crippen LogP contribution in [-0.2, 0) is 11.3 Å². The van der Waals surface area contributed by atoms with Crippen LogP contribution in [0.5, 0.6) is 0 Å². The highest BCUT2D eigenvalue weighted by atomic mass is 127. The van der Waals surface area contributed by atoms with Crippen molar-refractivity contribution in [1.29, 1.82) is 0 Å². The van der Waals surface area contributed by atoms with Gasteiger partial charge in [-0.15, -0.1) is 0 Å². The molecule has 0 unspecified atom stereocenters. The van der Waals surface area contributed by atoms with Crippen LogP contribution in [0.3, 0.4) is 0 Å². The summed E-state index contributed by atoms with van der Waals surface area (Å²) >= 11 is 0. The molecule has 3 nitrogen and oxygen atoms in total. The van der Waals surface area contributed by atoms with Crippen LogP contribution in [0.15, 0.2) is 48.8 Å². The molecule has 0 spiro atoms. The molecule has 1 aliphatic rings. The first-order valence-corrected chi connectivity index (χ1v) is 9.53. The number of halogens is 1. The molecule has 1 aromatic heterocycles. The number of aromatic nitrogens is 1. The Kier molecular flexibility index (Phi) is 8.55. The molecule has 0 aliphatic heterocycles. The molecule has 0 atom stereocenters. The van der Waals surface area contributed by atoms with Crippen molar-refractivity contribution in [2.75, 3.05) is 6.61 Å². The van der Waals surface area contributed by atoms with Crippen LogP contribution in [0.2, 0.25) is 0 Å². The van der Waals surface area contributed by atoms with Crippen molar-refractivity contribution in [2.45, 2.75) is 52.0 Å². The van der Waals surface area contributed by atoms with Crippen molar-refractivity contribution in [3.05, 3.63) is 54.4 Å². The summed E-state index contributed by atoms with van der Waals surface area (Å²) in [5, 5.41) is 0. The van der Waals surface area contributed by atoms with Gasteiger partial charge in [0.05, 0.1) is 6.61 Å². The maximum absolute atomic E-state index is 12.7. The minimum absolute atomic E-state index is 0. The molecule has 1 aromatic carbocycles. The summed E-state index contributed by atoms with van der Waals surface area (Å²) in [6, 6.07) is 12.1. The van der Waals surface area contributed by atoms with Crippen LogP contribution in [-0.4, -0.2) is 12.6 Å². The Morgan fingerprint density at radius 3 is 2.54 bits per heavy atom. The van der Waals surface area contributed by atoms with Gasteiger partial charge in [-0.3, -0.25) is 0 Å². The smallest absolute Gasteiger partial charge is 0.344 e. The van der Waals surface area contributed by atoms with Gasteiger partial charge < -0.3 is 28.7 Å². The number of nitrogens with zero attached hydrogens (tertiary/aromatic N) is 1. The zero-order chi connectivity index (χ0) is 17.5. The molecule has 1 heterocycles. The molecule has 26 heavy (non-hydrogen) atoms. The minimum Gasteiger partial charge on any atom is -1.00 e. The fraction of sp³-hybridized carbons (Fsp3) is 0.455. The van der Waals surface area contributed by atoms with Crippen molar-refractivity contribution < 1.29 is 38.1 Å². The summed E-state index contributed by atoms with van der Waals surface area (Å²) < 4.78 is 7.66. The standard InChI is InChI=1S/C22H28NO2.HI/c1-2-23-15-13-20(19-11-7-4-8-12-19)21(17-23)22(24)25-16-14-18-9-5-3-6-10-18;/h4,7-8,11-13,15,17-18H,2-3,5-6,9-10,14,16H2,1H3;1H/q+1;/p-1. The van der Waals surface area contributed by atoms with Gasteiger partial charge in [0.1, 0.15) is 12.1 Å². The van der Waals surface area contributed by atoms with E-state index >= 15 is 0 Å². The Bertz CT molecular complexity index is 697. The van der Waals surface area contributed by atoms with Crippen molar-refractivity contribution >= 4 is 5.97 Å². The van der Waals surface area contributed by atoms with E-state index < -0.39 is 0 Å². The quantitative estimate of drug-likeness (QED) is 0.370. The highest BCUT2D eigenvalue weighted by Crippen LogP contribution is 2.27. The van der Waals surface area contributed by atoms with E-state index in [0.29, 0.717) is 12.2 Å². The van der Waals surface area contributed by atoms with E-state index in [9.17, 15) is 4.79 Å². The molecule has 0 N–H and O–H groups in total. The first kappa shape index (κ1) is 20.9. The first-order valence-electron chi connectivity index (χ1n) is 9.53. The summed E-state index contributed by atoms with van der Waals surface area (Å²) in [5.41, 5.74) is 2.64. The van der Waals surface area contributed by atoms with Crippen LogP contribution < -0.4 is 28.5 Å². The van der Waals surface area contributed by atoms with E-state index in [4.69, 9.17) is 4.74 Å². The lowest BCUT2D eigenvalue weighted by atomic mass is 9.87. The Labute approximate surface area is 173 Å². The molecular formula is C22H28INO2. The van der Waals surface area contributed by atoms with E-state index in [2.05, 4.69) is 6.92 Å². The van der Waals surface area contributed by atoms with Gasteiger partial charge in [0, 0.05) is 11.6 Å². The number of hydrogen-bond donors (Lipinski definition) is 0. The van der Waals surface area contributed by atoms with E-state index in [0.717, 1.165) is 30.0 Å². The third-order valence-corrected chi connectivity index (χ3v) is 5.17. The summed E-state index contributed by atoms with van der Waals surface area (Å²) in [7, 11) is 0. The fourth-order valence-corrected chi connectivity index (χ4v) is 3.64. The van der Waals surface area contributed by atoms with Gasteiger partial charge in [-0.2, -0.15) is 0 Å². The second-order valence-corrected chi connectivity index (χ2v) is 6.90. The number of aryl methyl sites for hydroxylation is 1. The molecule has 4 heteroatoms. The monoisotopic (exact) mass is 465 g/mol. The molecule has 0 amide bonds. The highest BCUT2D eigenvalue weighted by Gasteiger charge is 2.20. The number of pyridine rings is 1. The van der Waals surface area contributed by atoms with Crippen LogP contribution in [0, 0.1) is 5.92 Å². The summed E-state index contributed by atoms with van der Waals surface area (Å²) in [4.78, 5) is 12.7. The van der Waals surface area contributed by atoms with Crippen LogP contribution in [0.25, 0.3) is 11.1 Å². The van der Waals surface area contributed by atoms with Crippen molar-refractivity contribution in [1.82, 2.24) is 0 Å². The third kappa shape index (κ3) is 5.53. The Balaban J connectivity index is 0.00000243. The molecule has 1 aliphatic carbocycles. The molecule has 0 bridgehead atoms. The second-order valence-electron chi connectivity index (χ2n) is 6.90. The van der Waals surface area contributed by atoms with Crippen molar-refractivity contribution in [3.8, 4) is 11.1 Å². The molecule has 140 valence electrons. The molecule has 1 saturated carbocycles. The van der Waals surface area contributed by atoms with Gasteiger partial charge >= 0.3 is 5.97 Å². The van der Waals surface area contributed by atoms with E-state index in [1.54, 1.807) is 0 Å². The van der Waals surface area contributed by atoms with Gasteiger partial charge in [0.15, 0.2) is 12.4 Å². The molecule has 3 rings (SSSR count). The van der Waals surface area contributed by atoms with Gasteiger partial charge in [-0.05, 0) is 24.8 Å². The van der Waals surface area contributed by atoms with Crippen molar-refractivity contribution in [3.63, 3.8) is 0 Å². The highest BCUT2D eigenvalue weighted by molar-refractivity contribution is 5.96. The lowest BCUT2D eigenvalue weighted by molar-refractivity contribution is -0.693. The number of rotatable bonds is 6. The number of carbonyl (C=O) groups is 1. The summed E-state index contributed by atoms with van der Waals surface area (Å²) in [5.74, 6) is 0.518. The number of hydrogen-bond acceptors (Lipinski definition) is 2. The van der Waals surface area contributed by atoms with E-state index in [1.165, 1.54) is 32.1 Å². The first-order chi connectivity index (χ1) is 12.3. The second kappa shape index (κ2) is 10.7. The fourth-order valence-electron chi connectivity index (χ4n) is 3.64. The number of esters is 1. The maximum atomic E-state index is 12.7. The Morgan fingerprint density at radius 2 is 1.85 bits per heavy atom. The van der Waals surface area contributed by atoms with Crippen LogP contribution in [0.1, 0.15) is 55.8 Å². The average molecular weight is 465 g/mol.